The van der Waals surface area contributed by atoms with Crippen LogP contribution in [-0.2, 0) is 20.9 Å². The van der Waals surface area contributed by atoms with Crippen molar-refractivity contribution < 1.29 is 28.9 Å². The van der Waals surface area contributed by atoms with Gasteiger partial charge in [-0.3, -0.25) is 4.79 Å². The van der Waals surface area contributed by atoms with Gasteiger partial charge in [0, 0.05) is 13.0 Å². The lowest BCUT2D eigenvalue weighted by atomic mass is 10.0. The number of amides is 1. The number of hydrogen-bond donors (Lipinski definition) is 2. The van der Waals surface area contributed by atoms with E-state index in [9.17, 15) is 4.79 Å². The molecule has 4 rings (SSSR count). The van der Waals surface area contributed by atoms with Gasteiger partial charge in [0.15, 0.2) is 6.10 Å². The summed E-state index contributed by atoms with van der Waals surface area (Å²) in [6, 6.07) is 9.09. The predicted molar refractivity (Wildman–Crippen MR) is 114 cm³/mol. The van der Waals surface area contributed by atoms with Crippen LogP contribution in [0.3, 0.4) is 0 Å². The number of rotatable bonds is 7. The lowest BCUT2D eigenvalue weighted by molar-refractivity contribution is -0.178. The molecule has 2 aliphatic heterocycles. The summed E-state index contributed by atoms with van der Waals surface area (Å²) in [6.45, 7) is 2.61. The minimum absolute atomic E-state index is 0.0805. The Hall–Kier alpha value is -3.08. The molecule has 32 heavy (non-hydrogen) atoms. The fraction of sp³-hybridized carbons (Fsp3) is 0.455. The number of nitrogens with one attached hydrogen (secondary N) is 1. The van der Waals surface area contributed by atoms with Gasteiger partial charge in [0.2, 0.25) is 0 Å². The maximum absolute atomic E-state index is 12.7. The van der Waals surface area contributed by atoms with E-state index in [2.05, 4.69) is 20.4 Å². The number of hydrogen-bond acceptors (Lipinski definition) is 9. The second-order valence-electron chi connectivity index (χ2n) is 7.62. The molecule has 0 bridgehead atoms. The molecule has 170 valence electrons. The lowest BCUT2D eigenvalue weighted by Gasteiger charge is -2.30. The predicted octanol–water partition coefficient (Wildman–Crippen LogP) is 0.993. The molecule has 1 amide bonds. The van der Waals surface area contributed by atoms with Crippen LogP contribution in [0.5, 0.6) is 5.75 Å². The maximum Gasteiger partial charge on any atom is 0.270 e. The monoisotopic (exact) mass is 442 g/mol. The molecule has 0 radical (unpaired) electrons. The molecule has 0 aliphatic carbocycles. The molecule has 10 nitrogen and oxygen atoms in total. The van der Waals surface area contributed by atoms with Gasteiger partial charge < -0.3 is 29.5 Å². The number of methoxy groups -OCH3 is 1. The van der Waals surface area contributed by atoms with Crippen LogP contribution < -0.4 is 10.1 Å². The number of nitrogens with zero attached hydrogens (tertiary/aromatic N) is 3. The number of oxime groups is 1. The molecular formula is C22H26N4O6. The Bertz CT molecular complexity index is 990. The minimum atomic E-state index is -0.315. The Kier molecular flexibility index (Phi) is 6.93. The quantitative estimate of drug-likeness (QED) is 0.651. The van der Waals surface area contributed by atoms with Crippen LogP contribution in [0.4, 0.5) is 0 Å². The first-order valence-corrected chi connectivity index (χ1v) is 10.4. The van der Waals surface area contributed by atoms with Crippen LogP contribution in [0.25, 0.3) is 0 Å². The van der Waals surface area contributed by atoms with Crippen LogP contribution in [0.2, 0.25) is 0 Å². The Labute approximate surface area is 185 Å². The summed E-state index contributed by atoms with van der Waals surface area (Å²) < 4.78 is 16.5. The Morgan fingerprint density at radius 1 is 1.22 bits per heavy atom. The molecule has 1 aromatic heterocycles. The molecule has 0 unspecified atom stereocenters. The first-order chi connectivity index (χ1) is 15.6. The average molecular weight is 442 g/mol. The van der Waals surface area contributed by atoms with E-state index in [0.717, 1.165) is 11.3 Å². The van der Waals surface area contributed by atoms with Gasteiger partial charge in [0.25, 0.3) is 5.91 Å². The molecule has 1 fully saturated rings. The molecule has 2 aliphatic rings. The Balaban J connectivity index is 1.38. The highest BCUT2D eigenvalue weighted by molar-refractivity contribution is 6.02. The number of aryl methyl sites for hydroxylation is 1. The Morgan fingerprint density at radius 3 is 2.84 bits per heavy atom. The highest BCUT2D eigenvalue weighted by atomic mass is 16.7. The normalized spacial score (nSPS) is 22.7. The molecule has 2 aromatic rings. The maximum atomic E-state index is 12.7. The van der Waals surface area contributed by atoms with E-state index in [1.807, 2.05) is 24.3 Å². The first kappa shape index (κ1) is 22.1. The molecule has 3 atom stereocenters. The summed E-state index contributed by atoms with van der Waals surface area (Å²) in [5.41, 5.74) is 2.33. The number of carbonyl (C=O) groups is 1. The summed E-state index contributed by atoms with van der Waals surface area (Å²) in [7, 11) is 1.60. The van der Waals surface area contributed by atoms with Gasteiger partial charge in [-0.1, -0.05) is 17.3 Å². The van der Waals surface area contributed by atoms with Crippen molar-refractivity contribution in [2.45, 2.75) is 38.2 Å². The van der Waals surface area contributed by atoms with E-state index in [4.69, 9.17) is 24.2 Å². The van der Waals surface area contributed by atoms with Crippen molar-refractivity contribution in [3.63, 3.8) is 0 Å². The van der Waals surface area contributed by atoms with Crippen molar-refractivity contribution in [1.29, 1.82) is 0 Å². The first-order valence-electron chi connectivity index (χ1n) is 10.4. The highest BCUT2D eigenvalue weighted by Gasteiger charge is 2.35. The van der Waals surface area contributed by atoms with Crippen LogP contribution in [0.1, 0.15) is 34.0 Å². The summed E-state index contributed by atoms with van der Waals surface area (Å²) in [6.07, 6.45) is -0.437. The van der Waals surface area contributed by atoms with E-state index in [-0.39, 0.29) is 36.5 Å². The van der Waals surface area contributed by atoms with E-state index in [0.29, 0.717) is 43.4 Å². The fourth-order valence-electron chi connectivity index (χ4n) is 3.51. The molecule has 0 spiro atoms. The van der Waals surface area contributed by atoms with Crippen molar-refractivity contribution >= 4 is 11.6 Å². The van der Waals surface area contributed by atoms with Crippen LogP contribution in [-0.4, -0.2) is 71.9 Å². The highest BCUT2D eigenvalue weighted by Crippen LogP contribution is 2.23. The van der Waals surface area contributed by atoms with Crippen molar-refractivity contribution in [3.8, 4) is 5.75 Å². The summed E-state index contributed by atoms with van der Waals surface area (Å²) in [5.74, 6) is 0.878. The number of aromatic nitrogens is 2. The Morgan fingerprint density at radius 2 is 2.09 bits per heavy atom. The van der Waals surface area contributed by atoms with Crippen molar-refractivity contribution in [1.82, 2.24) is 15.3 Å². The lowest BCUT2D eigenvalue weighted by Crippen LogP contribution is -2.43. The fourth-order valence-corrected chi connectivity index (χ4v) is 3.51. The third-order valence-electron chi connectivity index (χ3n) is 5.26. The van der Waals surface area contributed by atoms with Gasteiger partial charge in [0.05, 0.1) is 32.6 Å². The SMILES string of the molecule is COc1cccc(CNC(=O)c2cc(C3=NO[C@H]([C@H]4CO[C@H](CO)CO4)C3)nc(C)n2)c1. The largest absolute Gasteiger partial charge is 0.497 e. The standard InChI is InChI=1S/C22H26N4O6/c1-13-24-17(18-8-20(32-26-18)21-12-30-16(10-27)11-31-21)7-19(25-13)22(28)23-9-14-4-3-5-15(6-14)29-2/h3-7,16,20-21,27H,8-12H2,1-2H3,(H,23,28)/t16-,20+,21-/m1/s1. The van der Waals surface area contributed by atoms with Crippen molar-refractivity contribution in [2.75, 3.05) is 26.9 Å². The number of aliphatic hydroxyl groups is 1. The smallest absolute Gasteiger partial charge is 0.270 e. The van der Waals surface area contributed by atoms with Crippen LogP contribution >= 0.6 is 0 Å². The molecule has 2 N–H and O–H groups in total. The van der Waals surface area contributed by atoms with Gasteiger partial charge in [-0.2, -0.15) is 0 Å². The van der Waals surface area contributed by atoms with E-state index in [1.165, 1.54) is 0 Å². The number of ether oxygens (including phenoxy) is 3. The summed E-state index contributed by atoms with van der Waals surface area (Å²) >= 11 is 0. The summed E-state index contributed by atoms with van der Waals surface area (Å²) in [4.78, 5) is 26.9. The van der Waals surface area contributed by atoms with Crippen LogP contribution in [0.15, 0.2) is 35.5 Å². The van der Waals surface area contributed by atoms with Gasteiger partial charge in [0.1, 0.15) is 35.2 Å². The molecule has 1 aromatic carbocycles. The van der Waals surface area contributed by atoms with E-state index in [1.54, 1.807) is 20.1 Å². The topological polar surface area (TPSA) is 124 Å². The number of aliphatic hydroxyl groups excluding tert-OH is 1. The molecule has 1 saturated heterocycles. The molecule has 0 saturated carbocycles. The zero-order valence-electron chi connectivity index (χ0n) is 18.0. The minimum Gasteiger partial charge on any atom is -0.497 e. The summed E-state index contributed by atoms with van der Waals surface area (Å²) in [5, 5.41) is 16.2. The molecule has 3 heterocycles. The van der Waals surface area contributed by atoms with Gasteiger partial charge in [-0.05, 0) is 30.7 Å². The molecule has 10 heteroatoms. The third-order valence-corrected chi connectivity index (χ3v) is 5.26. The number of carbonyl (C=O) groups excluding carboxylic acids is 1. The number of benzene rings is 1. The van der Waals surface area contributed by atoms with Crippen LogP contribution in [0, 0.1) is 6.92 Å². The van der Waals surface area contributed by atoms with E-state index >= 15 is 0 Å². The van der Waals surface area contributed by atoms with Gasteiger partial charge >= 0.3 is 0 Å². The zero-order chi connectivity index (χ0) is 22.5. The second-order valence-corrected chi connectivity index (χ2v) is 7.62. The molecular weight excluding hydrogens is 416 g/mol. The average Bonchev–Trinajstić information content (AvgIpc) is 3.33. The third kappa shape index (κ3) is 5.21. The van der Waals surface area contributed by atoms with Crippen molar-refractivity contribution in [3.05, 3.63) is 53.1 Å². The second kappa shape index (κ2) is 10.0. The van der Waals surface area contributed by atoms with Crippen molar-refractivity contribution in [2.24, 2.45) is 5.16 Å². The zero-order valence-corrected chi connectivity index (χ0v) is 18.0. The van der Waals surface area contributed by atoms with Gasteiger partial charge in [-0.15, -0.1) is 0 Å². The van der Waals surface area contributed by atoms with E-state index < -0.39 is 0 Å². The van der Waals surface area contributed by atoms with Gasteiger partial charge in [-0.25, -0.2) is 9.97 Å².